The molecule has 0 saturated carbocycles. The van der Waals surface area contributed by atoms with E-state index in [-0.39, 0.29) is 12.3 Å². The second-order valence-corrected chi connectivity index (χ2v) is 7.09. The number of hydrogen-bond donors (Lipinski definition) is 2. The van der Waals surface area contributed by atoms with E-state index in [4.69, 9.17) is 27.9 Å². The molecule has 2 rings (SSSR count). The van der Waals surface area contributed by atoms with Gasteiger partial charge in [-0.3, -0.25) is 20.4 Å². The van der Waals surface area contributed by atoms with Gasteiger partial charge in [0.2, 0.25) is 5.91 Å². The quantitative estimate of drug-likeness (QED) is 0.411. The van der Waals surface area contributed by atoms with E-state index in [1.165, 1.54) is 17.4 Å². The Bertz CT molecular complexity index is 808. The molecule has 9 heteroatoms. The van der Waals surface area contributed by atoms with Gasteiger partial charge in [0.25, 0.3) is 5.91 Å². The Morgan fingerprint density at radius 2 is 2.12 bits per heavy atom. The third-order valence-electron chi connectivity index (χ3n) is 3.07. The van der Waals surface area contributed by atoms with Crippen molar-refractivity contribution in [2.45, 2.75) is 19.8 Å². The van der Waals surface area contributed by atoms with E-state index in [1.54, 1.807) is 24.3 Å². The van der Waals surface area contributed by atoms with Crippen molar-refractivity contribution in [2.24, 2.45) is 0 Å². The minimum absolute atomic E-state index is 0.195. The first kappa shape index (κ1) is 20.2. The molecule has 2 aromatic rings. The highest BCUT2D eigenvalue weighted by molar-refractivity contribution is 7.09. The molecule has 1 aromatic heterocycles. The molecule has 0 atom stereocenters. The van der Waals surface area contributed by atoms with Crippen molar-refractivity contribution in [3.63, 3.8) is 0 Å². The predicted molar refractivity (Wildman–Crippen MR) is 103 cm³/mol. The van der Waals surface area contributed by atoms with Gasteiger partial charge in [0.15, 0.2) is 0 Å². The molecule has 0 spiro atoms. The van der Waals surface area contributed by atoms with Crippen LogP contribution in [0.1, 0.15) is 23.5 Å². The fourth-order valence-corrected chi connectivity index (χ4v) is 2.90. The standard InChI is InChI=1S/C17H17Cl2N3O3S/c1-11-20-13(10-26-11)5-7-17(24)22-21-16(23)3-2-8-25-15-6-4-12(18)9-14(15)19/h4-7,9-10H,2-3,8H2,1H3,(H,21,23)(H,22,24)/b7-5+. The molecule has 0 aliphatic heterocycles. The molecule has 1 aromatic carbocycles. The summed E-state index contributed by atoms with van der Waals surface area (Å²) in [7, 11) is 0. The van der Waals surface area contributed by atoms with Crippen molar-refractivity contribution in [1.82, 2.24) is 15.8 Å². The van der Waals surface area contributed by atoms with Crippen LogP contribution in [0.2, 0.25) is 10.0 Å². The monoisotopic (exact) mass is 413 g/mol. The maximum Gasteiger partial charge on any atom is 0.262 e. The van der Waals surface area contributed by atoms with Crippen molar-refractivity contribution >= 4 is 52.4 Å². The van der Waals surface area contributed by atoms with E-state index >= 15 is 0 Å². The summed E-state index contributed by atoms with van der Waals surface area (Å²) in [6, 6.07) is 4.92. The van der Waals surface area contributed by atoms with Crippen LogP contribution >= 0.6 is 34.5 Å². The highest BCUT2D eigenvalue weighted by Crippen LogP contribution is 2.27. The highest BCUT2D eigenvalue weighted by Gasteiger charge is 2.05. The van der Waals surface area contributed by atoms with Crippen molar-refractivity contribution in [2.75, 3.05) is 6.61 Å². The molecule has 138 valence electrons. The van der Waals surface area contributed by atoms with Crippen LogP contribution in [0.4, 0.5) is 0 Å². The average Bonchev–Trinajstić information content (AvgIpc) is 3.02. The number of hydrazine groups is 1. The van der Waals surface area contributed by atoms with E-state index in [1.807, 2.05) is 12.3 Å². The third kappa shape index (κ3) is 7.03. The molecular weight excluding hydrogens is 397 g/mol. The molecule has 6 nitrogen and oxygen atoms in total. The molecular formula is C17H17Cl2N3O3S. The van der Waals surface area contributed by atoms with Crippen LogP contribution in [-0.2, 0) is 9.59 Å². The summed E-state index contributed by atoms with van der Waals surface area (Å²) in [5.41, 5.74) is 5.34. The summed E-state index contributed by atoms with van der Waals surface area (Å²) in [5, 5.41) is 3.69. The van der Waals surface area contributed by atoms with Crippen LogP contribution in [-0.4, -0.2) is 23.4 Å². The van der Waals surface area contributed by atoms with Crippen molar-refractivity contribution < 1.29 is 14.3 Å². The van der Waals surface area contributed by atoms with Crippen molar-refractivity contribution in [1.29, 1.82) is 0 Å². The Labute approximate surface area is 165 Å². The number of halogens is 2. The Hall–Kier alpha value is -2.09. The average molecular weight is 414 g/mol. The number of nitrogens with one attached hydrogen (secondary N) is 2. The number of ether oxygens (including phenoxy) is 1. The summed E-state index contributed by atoms with van der Waals surface area (Å²) in [6.07, 6.45) is 3.55. The molecule has 0 aliphatic rings. The van der Waals surface area contributed by atoms with Gasteiger partial charge in [-0.2, -0.15) is 0 Å². The van der Waals surface area contributed by atoms with Crippen molar-refractivity contribution in [3.05, 3.63) is 50.4 Å². The number of thiazole rings is 1. The van der Waals surface area contributed by atoms with Crippen molar-refractivity contribution in [3.8, 4) is 5.75 Å². The Morgan fingerprint density at radius 1 is 1.31 bits per heavy atom. The second-order valence-electron chi connectivity index (χ2n) is 5.19. The minimum Gasteiger partial charge on any atom is -0.492 e. The number of rotatable bonds is 7. The topological polar surface area (TPSA) is 80.3 Å². The fraction of sp³-hybridized carbons (Fsp3) is 0.235. The summed E-state index contributed by atoms with van der Waals surface area (Å²) in [6.45, 7) is 2.19. The summed E-state index contributed by atoms with van der Waals surface area (Å²) < 4.78 is 5.48. The zero-order valence-corrected chi connectivity index (χ0v) is 16.2. The van der Waals surface area contributed by atoms with Gasteiger partial charge in [0, 0.05) is 22.9 Å². The van der Waals surface area contributed by atoms with Crippen LogP contribution in [0.3, 0.4) is 0 Å². The van der Waals surface area contributed by atoms with Crippen LogP contribution in [0.25, 0.3) is 6.08 Å². The summed E-state index contributed by atoms with van der Waals surface area (Å²) in [4.78, 5) is 27.5. The van der Waals surface area contributed by atoms with E-state index in [0.717, 1.165) is 5.01 Å². The first-order valence-electron chi connectivity index (χ1n) is 7.71. The molecule has 26 heavy (non-hydrogen) atoms. The molecule has 0 fully saturated rings. The third-order valence-corrected chi connectivity index (χ3v) is 4.39. The molecule has 1 heterocycles. The lowest BCUT2D eigenvalue weighted by Gasteiger charge is -2.08. The fourth-order valence-electron chi connectivity index (χ4n) is 1.86. The second kappa shape index (κ2) is 10.2. The number of hydrogen-bond acceptors (Lipinski definition) is 5. The first-order chi connectivity index (χ1) is 12.4. The van der Waals surface area contributed by atoms with Gasteiger partial charge in [0.1, 0.15) is 5.75 Å². The molecule has 0 bridgehead atoms. The number of carbonyl (C=O) groups excluding carboxylic acids is 2. The van der Waals surface area contributed by atoms with Crippen LogP contribution in [0, 0.1) is 6.92 Å². The minimum atomic E-state index is -0.437. The zero-order chi connectivity index (χ0) is 18.9. The Kier molecular flexibility index (Phi) is 7.90. The van der Waals surface area contributed by atoms with Gasteiger partial charge in [0.05, 0.1) is 22.3 Å². The van der Waals surface area contributed by atoms with Gasteiger partial charge in [-0.15, -0.1) is 11.3 Å². The molecule has 0 unspecified atom stereocenters. The number of amides is 2. The van der Waals surface area contributed by atoms with E-state index < -0.39 is 5.91 Å². The predicted octanol–water partition coefficient (Wildman–Crippen LogP) is 3.78. The maximum absolute atomic E-state index is 11.7. The molecule has 0 aliphatic carbocycles. The maximum atomic E-state index is 11.7. The lowest BCUT2D eigenvalue weighted by Crippen LogP contribution is -2.40. The molecule has 0 saturated heterocycles. The summed E-state index contributed by atoms with van der Waals surface area (Å²) >= 11 is 13.3. The van der Waals surface area contributed by atoms with Gasteiger partial charge in [-0.1, -0.05) is 23.2 Å². The number of benzene rings is 1. The van der Waals surface area contributed by atoms with Gasteiger partial charge in [-0.05, 0) is 37.6 Å². The molecule has 2 amide bonds. The Balaban J connectivity index is 1.62. The number of carbonyl (C=O) groups is 2. The lowest BCUT2D eigenvalue weighted by molar-refractivity contribution is -0.126. The van der Waals surface area contributed by atoms with Crippen LogP contribution < -0.4 is 15.6 Å². The largest absolute Gasteiger partial charge is 0.492 e. The number of aromatic nitrogens is 1. The normalized spacial score (nSPS) is 10.7. The molecule has 2 N–H and O–H groups in total. The molecule has 0 radical (unpaired) electrons. The first-order valence-corrected chi connectivity index (χ1v) is 9.34. The SMILES string of the molecule is Cc1nc(/C=C/C(=O)NNC(=O)CCCOc2ccc(Cl)cc2Cl)cs1. The smallest absolute Gasteiger partial charge is 0.262 e. The van der Waals surface area contributed by atoms with Gasteiger partial charge >= 0.3 is 0 Å². The van der Waals surface area contributed by atoms with Gasteiger partial charge in [-0.25, -0.2) is 4.98 Å². The van der Waals surface area contributed by atoms with E-state index in [0.29, 0.717) is 34.5 Å². The number of aryl methyl sites for hydroxylation is 1. The van der Waals surface area contributed by atoms with E-state index in [9.17, 15) is 9.59 Å². The van der Waals surface area contributed by atoms with Crippen LogP contribution in [0.5, 0.6) is 5.75 Å². The summed E-state index contributed by atoms with van der Waals surface area (Å²) in [5.74, 6) is -0.248. The zero-order valence-electron chi connectivity index (χ0n) is 13.9. The highest BCUT2D eigenvalue weighted by atomic mass is 35.5. The van der Waals surface area contributed by atoms with E-state index in [2.05, 4.69) is 15.8 Å². The lowest BCUT2D eigenvalue weighted by atomic mass is 10.3. The van der Waals surface area contributed by atoms with Gasteiger partial charge < -0.3 is 4.74 Å². The number of nitrogens with zero attached hydrogens (tertiary/aromatic N) is 1. The van der Waals surface area contributed by atoms with Crippen LogP contribution in [0.15, 0.2) is 29.7 Å². The Morgan fingerprint density at radius 3 is 2.81 bits per heavy atom.